The number of carbonyl (C=O) groups is 2. The number of esters is 2. The molecule has 2 bridgehead atoms. The zero-order valence-electron chi connectivity index (χ0n) is 20.0. The second-order valence-corrected chi connectivity index (χ2v) is 9.53. The van der Waals surface area contributed by atoms with E-state index < -0.39 is 42.4 Å². The van der Waals surface area contributed by atoms with Crippen LogP contribution < -0.4 is 11.4 Å². The number of cyclic esters (lactones) is 2. The van der Waals surface area contributed by atoms with Gasteiger partial charge >= 0.3 is 29.7 Å². The minimum absolute atomic E-state index is 0.00446. The van der Waals surface area contributed by atoms with Gasteiger partial charge < -0.3 is 14.2 Å². The molecule has 0 unspecified atom stereocenters. The van der Waals surface area contributed by atoms with Gasteiger partial charge in [-0.05, 0) is 50.3 Å². The van der Waals surface area contributed by atoms with E-state index in [1.807, 2.05) is 0 Å². The summed E-state index contributed by atoms with van der Waals surface area (Å²) in [7, 11) is 0. The average molecular weight is 520 g/mol. The number of benzene rings is 1. The lowest BCUT2D eigenvalue weighted by Gasteiger charge is -2.39. The maximum atomic E-state index is 15.2. The van der Waals surface area contributed by atoms with E-state index in [9.17, 15) is 23.6 Å². The molecule has 198 valence electrons. The molecule has 0 saturated carbocycles. The summed E-state index contributed by atoms with van der Waals surface area (Å²) in [6.45, 7) is 1.14. The van der Waals surface area contributed by atoms with Gasteiger partial charge in [-0.2, -0.15) is 4.98 Å². The Bertz CT molecular complexity index is 1280. The molecule has 0 aliphatic carbocycles. The molecule has 3 aliphatic rings. The van der Waals surface area contributed by atoms with Crippen LogP contribution in [0.15, 0.2) is 33.9 Å². The molecule has 0 radical (unpaired) electrons. The van der Waals surface area contributed by atoms with E-state index in [2.05, 4.69) is 9.88 Å². The van der Waals surface area contributed by atoms with Gasteiger partial charge in [-0.15, -0.1) is 0 Å². The number of aryl methyl sites for hydroxylation is 1. The van der Waals surface area contributed by atoms with Crippen molar-refractivity contribution in [2.45, 2.75) is 76.5 Å². The number of hydrogen-bond acceptors (Lipinski definition) is 9. The summed E-state index contributed by atoms with van der Waals surface area (Å²) in [6, 6.07) is 6.37. The Balaban J connectivity index is 1.22. The first kappa shape index (κ1) is 25.2. The van der Waals surface area contributed by atoms with Crippen LogP contribution in [0.2, 0.25) is 0 Å². The smallest absolute Gasteiger partial charge is 0.397 e. The summed E-state index contributed by atoms with van der Waals surface area (Å²) < 4.78 is 45.1. The zero-order valence-corrected chi connectivity index (χ0v) is 20.0. The normalized spacial score (nSPS) is 24.8. The van der Waals surface area contributed by atoms with Crippen molar-refractivity contribution < 1.29 is 32.6 Å². The van der Waals surface area contributed by atoms with Crippen LogP contribution in [0.25, 0.3) is 0 Å². The topological polar surface area (TPSA) is 122 Å². The van der Waals surface area contributed by atoms with E-state index in [4.69, 9.17) is 14.2 Å². The number of halogens is 2. The molecule has 37 heavy (non-hydrogen) atoms. The lowest BCUT2D eigenvalue weighted by atomic mass is 9.99. The monoisotopic (exact) mass is 520 g/mol. The van der Waals surface area contributed by atoms with Gasteiger partial charge in [0.25, 0.3) is 0 Å². The number of piperidine rings is 1. The highest BCUT2D eigenvalue weighted by molar-refractivity contribution is 6.30. The number of hydrogen-bond donors (Lipinski definition) is 0. The maximum Gasteiger partial charge on any atom is 0.422 e. The second kappa shape index (κ2) is 10.1. The molecule has 1 aromatic heterocycles. The summed E-state index contributed by atoms with van der Waals surface area (Å²) >= 11 is 0. The number of nitrogens with zero attached hydrogens (tertiary/aromatic N) is 4. The Kier molecular flexibility index (Phi) is 6.90. The summed E-state index contributed by atoms with van der Waals surface area (Å²) in [5.41, 5.74) is -1.07. The van der Waals surface area contributed by atoms with Crippen LogP contribution >= 0.6 is 0 Å². The van der Waals surface area contributed by atoms with Crippen molar-refractivity contribution in [1.29, 1.82) is 0 Å². The Morgan fingerprint density at radius 2 is 1.65 bits per heavy atom. The molecule has 2 aromatic rings. The van der Waals surface area contributed by atoms with Crippen molar-refractivity contribution in [3.8, 4) is 0 Å². The standard InChI is InChI=1S/C24H26F2N4O7/c1-13-27-22(33)29(23(34)30(13)24-36-20(31)21(32)37-24)11-16(26)10-28-17-6-7-18(28)9-19(8-17)35-12-14-2-4-15(25)5-3-14/h2-5,16-19,24H,6-12H2,1H3/t16-,17-,18-/m0/s1. The van der Waals surface area contributed by atoms with Crippen LogP contribution in [0.1, 0.15) is 43.5 Å². The van der Waals surface area contributed by atoms with Gasteiger partial charge in [0.05, 0.1) is 19.3 Å². The average Bonchev–Trinajstić information content (AvgIpc) is 3.28. The molecule has 3 atom stereocenters. The largest absolute Gasteiger partial charge is 0.422 e. The highest BCUT2D eigenvalue weighted by atomic mass is 19.1. The van der Waals surface area contributed by atoms with Crippen LogP contribution in [-0.2, 0) is 37.0 Å². The first-order chi connectivity index (χ1) is 17.7. The fourth-order valence-electron chi connectivity index (χ4n) is 5.35. The number of rotatable bonds is 8. The highest BCUT2D eigenvalue weighted by Gasteiger charge is 2.42. The van der Waals surface area contributed by atoms with Gasteiger partial charge in [0.15, 0.2) is 0 Å². The fourth-order valence-corrected chi connectivity index (χ4v) is 5.35. The Labute approximate surface area is 209 Å². The van der Waals surface area contributed by atoms with Crippen molar-refractivity contribution in [2.75, 3.05) is 6.54 Å². The zero-order chi connectivity index (χ0) is 26.3. The third-order valence-electron chi connectivity index (χ3n) is 7.10. The van der Waals surface area contributed by atoms with E-state index in [1.54, 1.807) is 12.1 Å². The number of alkyl halides is 1. The minimum Gasteiger partial charge on any atom is -0.397 e. The summed E-state index contributed by atoms with van der Waals surface area (Å²) in [4.78, 5) is 53.8. The number of ether oxygens (including phenoxy) is 3. The van der Waals surface area contributed by atoms with E-state index in [0.717, 1.165) is 35.8 Å². The third-order valence-corrected chi connectivity index (χ3v) is 7.10. The Morgan fingerprint density at radius 3 is 2.27 bits per heavy atom. The molecule has 13 heteroatoms. The summed E-state index contributed by atoms with van der Waals surface area (Å²) in [5, 5.41) is 0. The summed E-state index contributed by atoms with van der Waals surface area (Å²) in [5.74, 6) is -3.00. The molecule has 5 rings (SSSR count). The lowest BCUT2D eigenvalue weighted by molar-refractivity contribution is -0.155. The van der Waals surface area contributed by atoms with Crippen LogP contribution in [0, 0.1) is 12.7 Å². The molecular formula is C24H26F2N4O7. The Morgan fingerprint density at radius 1 is 1.03 bits per heavy atom. The van der Waals surface area contributed by atoms with E-state index >= 15 is 4.39 Å². The predicted octanol–water partition coefficient (Wildman–Crippen LogP) is 0.959. The molecule has 1 aromatic carbocycles. The van der Waals surface area contributed by atoms with Crippen LogP contribution in [0.5, 0.6) is 0 Å². The van der Waals surface area contributed by atoms with Gasteiger partial charge in [0.1, 0.15) is 17.8 Å². The predicted molar refractivity (Wildman–Crippen MR) is 121 cm³/mol. The maximum absolute atomic E-state index is 15.2. The Hall–Kier alpha value is -3.45. The van der Waals surface area contributed by atoms with Crippen LogP contribution in [0.3, 0.4) is 0 Å². The van der Waals surface area contributed by atoms with Crippen molar-refractivity contribution in [2.24, 2.45) is 0 Å². The van der Waals surface area contributed by atoms with Crippen LogP contribution in [-0.4, -0.2) is 61.9 Å². The molecule has 3 fully saturated rings. The van der Waals surface area contributed by atoms with Gasteiger partial charge in [0.2, 0.25) is 0 Å². The van der Waals surface area contributed by atoms with Crippen molar-refractivity contribution >= 4 is 11.9 Å². The van der Waals surface area contributed by atoms with Crippen molar-refractivity contribution in [3.63, 3.8) is 0 Å². The lowest BCUT2D eigenvalue weighted by Crippen LogP contribution is -2.50. The van der Waals surface area contributed by atoms with E-state index in [1.165, 1.54) is 19.1 Å². The van der Waals surface area contributed by atoms with Gasteiger partial charge in [-0.3, -0.25) is 4.90 Å². The number of aromatic nitrogens is 3. The molecular weight excluding hydrogens is 494 g/mol. The van der Waals surface area contributed by atoms with Crippen molar-refractivity contribution in [1.82, 2.24) is 19.0 Å². The number of fused-ring (bicyclic) bond motifs is 2. The minimum atomic E-state index is -1.70. The number of carbonyl (C=O) groups excluding carboxylic acids is 2. The van der Waals surface area contributed by atoms with Crippen LogP contribution in [0.4, 0.5) is 8.78 Å². The second-order valence-electron chi connectivity index (χ2n) is 9.53. The molecule has 0 amide bonds. The van der Waals surface area contributed by atoms with Gasteiger partial charge in [-0.1, -0.05) is 12.1 Å². The van der Waals surface area contributed by atoms with E-state index in [0.29, 0.717) is 11.2 Å². The first-order valence-electron chi connectivity index (χ1n) is 12.1. The van der Waals surface area contributed by atoms with Gasteiger partial charge in [-0.25, -0.2) is 37.1 Å². The first-order valence-corrected chi connectivity index (χ1v) is 12.1. The highest BCUT2D eigenvalue weighted by Crippen LogP contribution is 2.37. The van der Waals surface area contributed by atoms with Gasteiger partial charge in [0, 0.05) is 18.6 Å². The molecule has 11 nitrogen and oxygen atoms in total. The third kappa shape index (κ3) is 5.18. The molecule has 3 aliphatic heterocycles. The van der Waals surface area contributed by atoms with Crippen molar-refractivity contribution in [3.05, 3.63) is 62.4 Å². The van der Waals surface area contributed by atoms with E-state index in [-0.39, 0.29) is 36.4 Å². The molecule has 4 heterocycles. The molecule has 0 spiro atoms. The molecule has 3 saturated heterocycles. The fraction of sp³-hybridized carbons (Fsp3) is 0.542. The molecule has 0 N–H and O–H groups in total. The summed E-state index contributed by atoms with van der Waals surface area (Å²) in [6.07, 6.45) is -0.0178. The SMILES string of the molecule is Cc1nc(=O)n(C[C@@H](F)CN2[C@H]3CC[C@H]2CC(OCc2ccc(F)cc2)C3)c(=O)n1C1OC(=O)C(=O)O1. The quantitative estimate of drug-likeness (QED) is 0.370.